The Morgan fingerprint density at radius 2 is 1.84 bits per heavy atom. The molecule has 1 rings (SSSR count). The second kappa shape index (κ2) is 4.92. The first kappa shape index (κ1) is 15.6. The van der Waals surface area contributed by atoms with Crippen molar-refractivity contribution in [1.82, 2.24) is 4.98 Å². The molecule has 1 aromatic heterocycles. The molecule has 0 aliphatic rings. The Hall–Kier alpha value is -1.44. The summed E-state index contributed by atoms with van der Waals surface area (Å²) in [6.45, 7) is 0.912. The highest BCUT2D eigenvalue weighted by Gasteiger charge is 2.59. The molecule has 1 heterocycles. The summed E-state index contributed by atoms with van der Waals surface area (Å²) in [4.78, 5) is 14.5. The number of aromatic nitrogens is 1. The molecule has 0 aromatic carbocycles. The van der Waals surface area contributed by atoms with Crippen molar-refractivity contribution in [1.29, 1.82) is 0 Å². The van der Waals surface area contributed by atoms with E-state index in [0.717, 1.165) is 14.0 Å². The van der Waals surface area contributed by atoms with Gasteiger partial charge in [-0.3, -0.25) is 0 Å². The van der Waals surface area contributed by atoms with E-state index < -0.39 is 39.9 Å². The molecule has 0 aliphatic heterocycles. The lowest BCUT2D eigenvalue weighted by Crippen LogP contribution is -2.35. The quantitative estimate of drug-likeness (QED) is 0.477. The highest BCUT2D eigenvalue weighted by molar-refractivity contribution is 6.32. The van der Waals surface area contributed by atoms with E-state index >= 15 is 0 Å². The maximum Gasteiger partial charge on any atom is 0.458 e. The first-order chi connectivity index (χ1) is 8.54. The lowest BCUT2D eigenvalue weighted by Gasteiger charge is -2.22. The van der Waals surface area contributed by atoms with Crippen molar-refractivity contribution < 1.29 is 31.5 Å². The van der Waals surface area contributed by atoms with Crippen LogP contribution in [0, 0.1) is 6.92 Å². The van der Waals surface area contributed by atoms with Gasteiger partial charge in [0, 0.05) is 6.20 Å². The fraction of sp³-hybridized carbons (Fsp3) is 0.400. The molecule has 0 atom stereocenters. The maximum atomic E-state index is 13.2. The van der Waals surface area contributed by atoms with Gasteiger partial charge in [0.2, 0.25) is 0 Å². The molecule has 1 aromatic rings. The number of rotatable bonds is 2. The third kappa shape index (κ3) is 2.63. The maximum absolute atomic E-state index is 13.2. The van der Waals surface area contributed by atoms with E-state index in [-0.39, 0.29) is 6.20 Å². The first-order valence-electron chi connectivity index (χ1n) is 4.72. The van der Waals surface area contributed by atoms with Gasteiger partial charge in [0.1, 0.15) is 10.7 Å². The molecule has 0 amide bonds. The fourth-order valence-corrected chi connectivity index (χ4v) is 1.65. The van der Waals surface area contributed by atoms with Crippen LogP contribution in [-0.4, -0.2) is 24.2 Å². The van der Waals surface area contributed by atoms with Gasteiger partial charge < -0.3 is 4.74 Å². The summed E-state index contributed by atoms with van der Waals surface area (Å²) < 4.78 is 67.6. The molecule has 0 N–H and O–H groups in total. The van der Waals surface area contributed by atoms with Gasteiger partial charge in [-0.25, -0.2) is 9.78 Å². The molecule has 0 aliphatic carbocycles. The van der Waals surface area contributed by atoms with Crippen LogP contribution in [0.2, 0.25) is 5.15 Å². The number of methoxy groups -OCH3 is 1. The summed E-state index contributed by atoms with van der Waals surface area (Å²) in [5.74, 6) is -6.29. The third-order valence-electron chi connectivity index (χ3n) is 2.38. The molecule has 19 heavy (non-hydrogen) atoms. The van der Waals surface area contributed by atoms with Crippen LogP contribution in [0.4, 0.5) is 22.0 Å². The molecule has 9 heteroatoms. The minimum Gasteiger partial charge on any atom is -0.465 e. The summed E-state index contributed by atoms with van der Waals surface area (Å²) in [7, 11) is 0.937. The Balaban J connectivity index is 3.53. The van der Waals surface area contributed by atoms with E-state index in [9.17, 15) is 26.7 Å². The number of nitrogens with zero attached hydrogens (tertiary/aromatic N) is 1. The Morgan fingerprint density at radius 1 is 1.32 bits per heavy atom. The van der Waals surface area contributed by atoms with Crippen molar-refractivity contribution >= 4 is 17.6 Å². The molecule has 0 fully saturated rings. The van der Waals surface area contributed by atoms with Crippen LogP contribution >= 0.6 is 11.6 Å². The topological polar surface area (TPSA) is 39.2 Å². The van der Waals surface area contributed by atoms with Gasteiger partial charge in [-0.05, 0) is 12.5 Å². The number of halogens is 6. The summed E-state index contributed by atoms with van der Waals surface area (Å²) in [5, 5.41) is -0.508. The van der Waals surface area contributed by atoms with E-state index in [1.165, 1.54) is 0 Å². The third-order valence-corrected chi connectivity index (χ3v) is 2.66. The molecule has 0 radical (unpaired) electrons. The van der Waals surface area contributed by atoms with Gasteiger partial charge in [0.05, 0.1) is 12.7 Å². The number of alkyl halides is 5. The van der Waals surface area contributed by atoms with Crippen LogP contribution in [0.5, 0.6) is 0 Å². The Kier molecular flexibility index (Phi) is 4.04. The van der Waals surface area contributed by atoms with Gasteiger partial charge in [-0.1, -0.05) is 11.6 Å². The molecule has 106 valence electrons. The molecule has 0 saturated carbocycles. The Labute approximate surface area is 109 Å². The summed E-state index contributed by atoms with van der Waals surface area (Å²) >= 11 is 5.50. The average Bonchev–Trinajstić information content (AvgIpc) is 2.26. The average molecular weight is 304 g/mol. The summed E-state index contributed by atoms with van der Waals surface area (Å²) in [5.41, 5.74) is -2.69. The smallest absolute Gasteiger partial charge is 0.458 e. The van der Waals surface area contributed by atoms with E-state index in [1.54, 1.807) is 0 Å². The molecular weight excluding hydrogens is 297 g/mol. The zero-order chi connectivity index (χ0) is 15.0. The summed E-state index contributed by atoms with van der Waals surface area (Å²) in [6, 6.07) is 0. The largest absolute Gasteiger partial charge is 0.465 e. The lowest BCUT2D eigenvalue weighted by atomic mass is 10.0. The van der Waals surface area contributed by atoms with Gasteiger partial charge >= 0.3 is 18.1 Å². The minimum atomic E-state index is -5.80. The number of ether oxygens (including phenoxy) is 1. The molecular formula is C10H7ClF5NO2. The van der Waals surface area contributed by atoms with Crippen LogP contribution in [0.3, 0.4) is 0 Å². The van der Waals surface area contributed by atoms with E-state index in [0.29, 0.717) is 0 Å². The molecule has 0 spiro atoms. The van der Waals surface area contributed by atoms with Crippen molar-refractivity contribution in [2.24, 2.45) is 0 Å². The predicted octanol–water partition coefficient (Wildman–Crippen LogP) is 3.48. The Bertz CT molecular complexity index is 515. The molecule has 0 bridgehead atoms. The van der Waals surface area contributed by atoms with E-state index in [1.807, 2.05) is 0 Å². The molecule has 0 saturated heterocycles. The van der Waals surface area contributed by atoms with E-state index in [4.69, 9.17) is 11.6 Å². The lowest BCUT2D eigenvalue weighted by molar-refractivity contribution is -0.289. The second-order valence-electron chi connectivity index (χ2n) is 3.53. The van der Waals surface area contributed by atoms with Crippen LogP contribution in [0.25, 0.3) is 0 Å². The minimum absolute atomic E-state index is 0.289. The van der Waals surface area contributed by atoms with Gasteiger partial charge in [0.25, 0.3) is 0 Å². The van der Waals surface area contributed by atoms with Crippen molar-refractivity contribution in [3.8, 4) is 0 Å². The van der Waals surface area contributed by atoms with Gasteiger partial charge in [-0.15, -0.1) is 0 Å². The number of esters is 1. The number of carbonyl (C=O) groups is 1. The van der Waals surface area contributed by atoms with Crippen LogP contribution in [-0.2, 0) is 10.7 Å². The van der Waals surface area contributed by atoms with Crippen LogP contribution in [0.1, 0.15) is 21.5 Å². The monoisotopic (exact) mass is 303 g/mol. The standard InChI is InChI=1S/C10H7ClF5NO2/c1-4-5(9(12,13)10(14,15)16)3-17-7(11)6(4)8(18)19-2/h3H,1-2H3. The van der Waals surface area contributed by atoms with Crippen molar-refractivity contribution in [3.63, 3.8) is 0 Å². The van der Waals surface area contributed by atoms with Crippen LogP contribution in [0.15, 0.2) is 6.20 Å². The zero-order valence-corrected chi connectivity index (χ0v) is 10.4. The molecule has 3 nitrogen and oxygen atoms in total. The highest BCUT2D eigenvalue weighted by Crippen LogP contribution is 2.45. The molecule has 0 unspecified atom stereocenters. The fourth-order valence-electron chi connectivity index (χ4n) is 1.38. The zero-order valence-electron chi connectivity index (χ0n) is 9.61. The number of pyridine rings is 1. The second-order valence-corrected chi connectivity index (χ2v) is 3.88. The number of carbonyl (C=O) groups excluding carboxylic acids is 1. The highest BCUT2D eigenvalue weighted by atomic mass is 35.5. The van der Waals surface area contributed by atoms with Gasteiger partial charge in [0.15, 0.2) is 0 Å². The van der Waals surface area contributed by atoms with E-state index in [2.05, 4.69) is 9.72 Å². The number of hydrogen-bond acceptors (Lipinski definition) is 3. The SMILES string of the molecule is COC(=O)c1c(Cl)ncc(C(F)(F)C(F)(F)F)c1C. The van der Waals surface area contributed by atoms with Crippen molar-refractivity contribution in [2.75, 3.05) is 7.11 Å². The number of hydrogen-bond donors (Lipinski definition) is 0. The Morgan fingerprint density at radius 3 is 2.26 bits per heavy atom. The first-order valence-corrected chi connectivity index (χ1v) is 5.10. The predicted molar refractivity (Wildman–Crippen MR) is 55.3 cm³/mol. The normalized spacial score (nSPS) is 12.4. The van der Waals surface area contributed by atoms with Crippen LogP contribution < -0.4 is 0 Å². The van der Waals surface area contributed by atoms with Crippen molar-refractivity contribution in [2.45, 2.75) is 19.0 Å². The summed E-state index contributed by atoms with van der Waals surface area (Å²) in [6.07, 6.45) is -5.52. The van der Waals surface area contributed by atoms with Crippen molar-refractivity contribution in [3.05, 3.63) is 28.0 Å². The van der Waals surface area contributed by atoms with Gasteiger partial charge in [-0.2, -0.15) is 22.0 Å².